The van der Waals surface area contributed by atoms with Crippen molar-refractivity contribution in [1.29, 1.82) is 0 Å². The summed E-state index contributed by atoms with van der Waals surface area (Å²) >= 11 is 2.18. The van der Waals surface area contributed by atoms with Crippen LogP contribution in [0.25, 0.3) is 22.2 Å². The van der Waals surface area contributed by atoms with Crippen molar-refractivity contribution >= 4 is 33.5 Å². The van der Waals surface area contributed by atoms with Gasteiger partial charge in [-0.15, -0.1) is 0 Å². The highest BCUT2D eigenvalue weighted by molar-refractivity contribution is 14.1. The Labute approximate surface area is 118 Å². The van der Waals surface area contributed by atoms with Crippen molar-refractivity contribution in [2.75, 3.05) is 0 Å². The van der Waals surface area contributed by atoms with Crippen molar-refractivity contribution in [1.82, 2.24) is 4.98 Å². The maximum atomic E-state index is 12.1. The number of nitrogens with zero attached hydrogens (tertiary/aromatic N) is 2. The molecular weight excluding hydrogens is 339 g/mol. The number of hydrogen-bond donors (Lipinski definition) is 0. The van der Waals surface area contributed by atoms with E-state index in [9.17, 15) is 5.21 Å². The summed E-state index contributed by atoms with van der Waals surface area (Å²) in [6, 6.07) is 13.4. The first kappa shape index (κ1) is 11.4. The molecule has 0 aliphatic heterocycles. The summed E-state index contributed by atoms with van der Waals surface area (Å²) in [7, 11) is 0. The zero-order chi connectivity index (χ0) is 12.5. The van der Waals surface area contributed by atoms with Crippen LogP contribution in [-0.2, 0) is 0 Å². The van der Waals surface area contributed by atoms with E-state index in [2.05, 4.69) is 27.6 Å². The average molecular weight is 348 g/mol. The minimum atomic E-state index is 0.655. The maximum absolute atomic E-state index is 12.1. The summed E-state index contributed by atoms with van der Waals surface area (Å²) in [4.78, 5) is 4.35. The van der Waals surface area contributed by atoms with Gasteiger partial charge in [0, 0.05) is 11.8 Å². The second-order valence-corrected chi connectivity index (χ2v) is 5.00. The van der Waals surface area contributed by atoms with Gasteiger partial charge in [-0.2, -0.15) is 4.73 Å². The quantitative estimate of drug-likeness (QED) is 0.385. The Balaban J connectivity index is 2.37. The zero-order valence-electron chi connectivity index (χ0n) is 9.38. The number of fused-ring (bicyclic) bond motifs is 1. The van der Waals surface area contributed by atoms with Gasteiger partial charge >= 0.3 is 0 Å². The van der Waals surface area contributed by atoms with Crippen molar-refractivity contribution in [3.63, 3.8) is 0 Å². The van der Waals surface area contributed by atoms with E-state index >= 15 is 0 Å². The second kappa shape index (κ2) is 4.53. The molecule has 2 aromatic heterocycles. The molecule has 0 unspecified atom stereocenters. The molecule has 1 aromatic carbocycles. The fourth-order valence-corrected chi connectivity index (χ4v) is 2.95. The highest BCUT2D eigenvalue weighted by atomic mass is 127. The van der Waals surface area contributed by atoms with Crippen LogP contribution < -0.4 is 4.73 Å². The largest absolute Gasteiger partial charge is 0.618 e. The molecule has 0 atom stereocenters. The lowest BCUT2D eigenvalue weighted by Crippen LogP contribution is -2.30. The number of hydrogen-bond acceptors (Lipinski definition) is 2. The van der Waals surface area contributed by atoms with Crippen molar-refractivity contribution in [3.05, 3.63) is 63.6 Å². The van der Waals surface area contributed by atoms with Crippen LogP contribution >= 0.6 is 22.6 Å². The molecule has 0 spiro atoms. The van der Waals surface area contributed by atoms with Crippen LogP contribution in [0.1, 0.15) is 0 Å². The first-order chi connectivity index (χ1) is 8.77. The Kier molecular flexibility index (Phi) is 2.87. The molecule has 3 nitrogen and oxygen atoms in total. The third-order valence-corrected chi connectivity index (χ3v) is 3.80. The molecule has 2 heterocycles. The molecule has 88 valence electrons. The van der Waals surface area contributed by atoms with E-state index in [0.717, 1.165) is 24.8 Å². The van der Waals surface area contributed by atoms with E-state index in [1.165, 1.54) is 0 Å². The maximum Gasteiger partial charge on any atom is 0.239 e. The molecule has 0 fully saturated rings. The van der Waals surface area contributed by atoms with Crippen LogP contribution in [0.5, 0.6) is 0 Å². The van der Waals surface area contributed by atoms with Crippen molar-refractivity contribution in [3.8, 4) is 11.3 Å². The summed E-state index contributed by atoms with van der Waals surface area (Å²) in [5.74, 6) is 0. The van der Waals surface area contributed by atoms with Crippen LogP contribution in [0, 0.1) is 8.78 Å². The van der Waals surface area contributed by atoms with Crippen LogP contribution in [0.2, 0.25) is 0 Å². The molecule has 0 saturated carbocycles. The van der Waals surface area contributed by atoms with Gasteiger partial charge in [0.1, 0.15) is 3.57 Å². The van der Waals surface area contributed by atoms with Crippen LogP contribution in [-0.4, -0.2) is 4.98 Å². The standard InChI is InChI=1S/C14H9IN2O/c15-12-13-11(7-4-8-16-13)9-17(18)14(12)10-5-2-1-3-6-10/h1-9H. The monoisotopic (exact) mass is 348 g/mol. The summed E-state index contributed by atoms with van der Waals surface area (Å²) < 4.78 is 1.80. The molecule has 4 heteroatoms. The van der Waals surface area contributed by atoms with E-state index in [0.29, 0.717) is 5.69 Å². The lowest BCUT2D eigenvalue weighted by molar-refractivity contribution is -0.592. The van der Waals surface area contributed by atoms with Gasteiger partial charge in [0.2, 0.25) is 5.69 Å². The van der Waals surface area contributed by atoms with Gasteiger partial charge in [0.15, 0.2) is 6.20 Å². The van der Waals surface area contributed by atoms with Crippen molar-refractivity contribution in [2.45, 2.75) is 0 Å². The first-order valence-electron chi connectivity index (χ1n) is 5.49. The Morgan fingerprint density at radius 3 is 2.61 bits per heavy atom. The van der Waals surface area contributed by atoms with Crippen LogP contribution in [0.15, 0.2) is 54.9 Å². The number of halogens is 1. The molecule has 18 heavy (non-hydrogen) atoms. The SMILES string of the molecule is [O-][n+]1cc2cccnc2c(I)c1-c1ccccc1. The van der Waals surface area contributed by atoms with Gasteiger partial charge in [0.05, 0.1) is 10.9 Å². The first-order valence-corrected chi connectivity index (χ1v) is 6.57. The fraction of sp³-hybridized carbons (Fsp3) is 0. The number of pyridine rings is 2. The van der Waals surface area contributed by atoms with Gasteiger partial charge in [-0.05, 0) is 46.9 Å². The third kappa shape index (κ3) is 1.82. The summed E-state index contributed by atoms with van der Waals surface area (Å²) in [5.41, 5.74) is 2.43. The highest BCUT2D eigenvalue weighted by Crippen LogP contribution is 2.26. The molecule has 0 aliphatic rings. The number of benzene rings is 1. The van der Waals surface area contributed by atoms with Gasteiger partial charge in [-0.3, -0.25) is 4.98 Å². The minimum Gasteiger partial charge on any atom is -0.618 e. The van der Waals surface area contributed by atoms with Gasteiger partial charge < -0.3 is 5.21 Å². The Morgan fingerprint density at radius 1 is 1.06 bits per heavy atom. The summed E-state index contributed by atoms with van der Waals surface area (Å²) in [6.45, 7) is 0. The predicted octanol–water partition coefficient (Wildman–Crippen LogP) is 3.14. The van der Waals surface area contributed by atoms with Crippen molar-refractivity contribution < 1.29 is 4.73 Å². The molecule has 0 radical (unpaired) electrons. The van der Waals surface area contributed by atoms with Gasteiger partial charge in [0.25, 0.3) is 0 Å². The smallest absolute Gasteiger partial charge is 0.239 e. The number of rotatable bonds is 1. The highest BCUT2D eigenvalue weighted by Gasteiger charge is 2.17. The molecule has 0 amide bonds. The Hall–Kier alpha value is -1.69. The van der Waals surface area contributed by atoms with E-state index in [4.69, 9.17) is 0 Å². The van der Waals surface area contributed by atoms with E-state index < -0.39 is 0 Å². The normalized spacial score (nSPS) is 10.7. The second-order valence-electron chi connectivity index (χ2n) is 3.92. The van der Waals surface area contributed by atoms with Crippen molar-refractivity contribution in [2.24, 2.45) is 0 Å². The zero-order valence-corrected chi connectivity index (χ0v) is 11.5. The van der Waals surface area contributed by atoms with E-state index in [1.54, 1.807) is 12.4 Å². The van der Waals surface area contributed by atoms with Gasteiger partial charge in [-0.1, -0.05) is 18.2 Å². The summed E-state index contributed by atoms with van der Waals surface area (Å²) in [5, 5.41) is 13.0. The topological polar surface area (TPSA) is 39.8 Å². The molecule has 0 aliphatic carbocycles. The molecule has 0 saturated heterocycles. The summed E-state index contributed by atoms with van der Waals surface area (Å²) in [6.07, 6.45) is 3.32. The lowest BCUT2D eigenvalue weighted by atomic mass is 10.1. The van der Waals surface area contributed by atoms with E-state index in [-0.39, 0.29) is 0 Å². The molecule has 3 rings (SSSR count). The molecule has 0 N–H and O–H groups in total. The minimum absolute atomic E-state index is 0.655. The average Bonchev–Trinajstić information content (AvgIpc) is 2.40. The lowest BCUT2D eigenvalue weighted by Gasteiger charge is -2.08. The third-order valence-electron chi connectivity index (χ3n) is 2.78. The van der Waals surface area contributed by atoms with Gasteiger partial charge in [-0.25, -0.2) is 0 Å². The van der Waals surface area contributed by atoms with Crippen LogP contribution in [0.3, 0.4) is 0 Å². The fourth-order valence-electron chi connectivity index (χ4n) is 1.96. The molecule has 3 aromatic rings. The molecule has 0 bridgehead atoms. The Bertz CT molecular complexity index is 714. The predicted molar refractivity (Wildman–Crippen MR) is 78.9 cm³/mol. The number of aromatic nitrogens is 2. The Morgan fingerprint density at radius 2 is 1.83 bits per heavy atom. The van der Waals surface area contributed by atoms with Crippen LogP contribution in [0.4, 0.5) is 0 Å². The molecular formula is C14H9IN2O. The van der Waals surface area contributed by atoms with E-state index in [1.807, 2.05) is 42.5 Å².